The van der Waals surface area contributed by atoms with Crippen LogP contribution in [0.25, 0.3) is 10.1 Å². The van der Waals surface area contributed by atoms with Gasteiger partial charge < -0.3 is 20.5 Å². The molecule has 5 nitrogen and oxygen atoms in total. The molecule has 1 unspecified atom stereocenters. The van der Waals surface area contributed by atoms with Gasteiger partial charge in [0.15, 0.2) is 0 Å². The number of amides is 1. The minimum absolute atomic E-state index is 0.179. The molecule has 1 heterocycles. The van der Waals surface area contributed by atoms with Crippen molar-refractivity contribution in [3.05, 3.63) is 28.6 Å². The number of anilines is 1. The number of thiophene rings is 1. The summed E-state index contributed by atoms with van der Waals surface area (Å²) in [7, 11) is 3.16. The zero-order valence-electron chi connectivity index (χ0n) is 12.4. The molecular formula is C15H20N2O3S. The molecule has 2 aromatic rings. The number of carbonyl (C=O) groups excluding carboxylic acids is 1. The van der Waals surface area contributed by atoms with E-state index >= 15 is 0 Å². The number of aryl methyl sites for hydroxylation is 1. The van der Waals surface area contributed by atoms with E-state index < -0.39 is 6.10 Å². The number of hydrogen-bond donors (Lipinski definition) is 2. The molecule has 1 atom stereocenters. The third kappa shape index (κ3) is 3.34. The van der Waals surface area contributed by atoms with Gasteiger partial charge in [0.25, 0.3) is 5.91 Å². The minimum atomic E-state index is -0.707. The molecule has 0 spiro atoms. The SMILES string of the molecule is COCC(O)CN(C)C(=O)c1sc2cc(C)ccc2c1N. The van der Waals surface area contributed by atoms with E-state index in [0.717, 1.165) is 15.6 Å². The van der Waals surface area contributed by atoms with Gasteiger partial charge in [-0.2, -0.15) is 0 Å². The lowest BCUT2D eigenvalue weighted by molar-refractivity contribution is 0.0382. The van der Waals surface area contributed by atoms with E-state index in [-0.39, 0.29) is 19.1 Å². The summed E-state index contributed by atoms with van der Waals surface area (Å²) in [6.07, 6.45) is -0.707. The largest absolute Gasteiger partial charge is 0.397 e. The Morgan fingerprint density at radius 1 is 1.52 bits per heavy atom. The second kappa shape index (κ2) is 6.43. The first-order valence-electron chi connectivity index (χ1n) is 6.65. The van der Waals surface area contributed by atoms with Gasteiger partial charge in [-0.1, -0.05) is 12.1 Å². The van der Waals surface area contributed by atoms with Gasteiger partial charge in [-0.15, -0.1) is 11.3 Å². The summed E-state index contributed by atoms with van der Waals surface area (Å²) >= 11 is 1.39. The van der Waals surface area contributed by atoms with Crippen molar-refractivity contribution in [3.63, 3.8) is 0 Å². The van der Waals surface area contributed by atoms with Crippen LogP contribution < -0.4 is 5.73 Å². The predicted octanol–water partition coefficient (Wildman–Crippen LogP) is 1.87. The average Bonchev–Trinajstić information content (AvgIpc) is 2.74. The fourth-order valence-corrected chi connectivity index (χ4v) is 3.42. The first-order chi connectivity index (χ1) is 9.93. The van der Waals surface area contributed by atoms with Gasteiger partial charge in [0.05, 0.1) is 18.4 Å². The Labute approximate surface area is 127 Å². The van der Waals surface area contributed by atoms with Crippen LogP contribution in [0.5, 0.6) is 0 Å². The molecule has 0 bridgehead atoms. The average molecular weight is 308 g/mol. The molecule has 6 heteroatoms. The van der Waals surface area contributed by atoms with Gasteiger partial charge in [-0.3, -0.25) is 4.79 Å². The molecular weight excluding hydrogens is 288 g/mol. The molecule has 1 amide bonds. The van der Waals surface area contributed by atoms with Crippen molar-refractivity contribution in [2.45, 2.75) is 13.0 Å². The van der Waals surface area contributed by atoms with Crippen molar-refractivity contribution in [2.75, 3.05) is 33.0 Å². The van der Waals surface area contributed by atoms with Crippen LogP contribution in [0.1, 0.15) is 15.2 Å². The Balaban J connectivity index is 2.24. The quantitative estimate of drug-likeness (QED) is 0.884. The van der Waals surface area contributed by atoms with E-state index in [0.29, 0.717) is 10.6 Å². The summed E-state index contributed by atoms with van der Waals surface area (Å²) in [5, 5.41) is 10.6. The number of fused-ring (bicyclic) bond motifs is 1. The van der Waals surface area contributed by atoms with E-state index in [9.17, 15) is 9.90 Å². The number of nitrogens with two attached hydrogens (primary N) is 1. The number of carbonyl (C=O) groups is 1. The van der Waals surface area contributed by atoms with Crippen LogP contribution in [0.2, 0.25) is 0 Å². The van der Waals surface area contributed by atoms with Gasteiger partial charge in [-0.05, 0) is 18.6 Å². The highest BCUT2D eigenvalue weighted by Gasteiger charge is 2.21. The van der Waals surface area contributed by atoms with Crippen molar-refractivity contribution >= 4 is 33.0 Å². The molecule has 0 aliphatic rings. The third-order valence-corrected chi connectivity index (χ3v) is 4.42. The second-order valence-electron chi connectivity index (χ2n) is 5.14. The zero-order chi connectivity index (χ0) is 15.6. The van der Waals surface area contributed by atoms with Crippen molar-refractivity contribution < 1.29 is 14.6 Å². The predicted molar refractivity (Wildman–Crippen MR) is 85.8 cm³/mol. The lowest BCUT2D eigenvalue weighted by atomic mass is 10.1. The minimum Gasteiger partial charge on any atom is -0.397 e. The second-order valence-corrected chi connectivity index (χ2v) is 6.19. The van der Waals surface area contributed by atoms with E-state index in [2.05, 4.69) is 0 Å². The maximum absolute atomic E-state index is 12.5. The Morgan fingerprint density at radius 2 is 2.24 bits per heavy atom. The number of benzene rings is 1. The van der Waals surface area contributed by atoms with E-state index in [1.165, 1.54) is 23.3 Å². The summed E-state index contributed by atoms with van der Waals surface area (Å²) in [6.45, 7) is 2.40. The Bertz CT molecular complexity index is 654. The Hall–Kier alpha value is -1.63. The van der Waals surface area contributed by atoms with Gasteiger partial charge >= 0.3 is 0 Å². The van der Waals surface area contributed by atoms with Crippen LogP contribution in [0, 0.1) is 6.92 Å². The molecule has 1 aromatic carbocycles. The number of likely N-dealkylation sites (N-methyl/N-ethyl adjacent to an activating group) is 1. The molecule has 1 aromatic heterocycles. The van der Waals surface area contributed by atoms with Crippen LogP contribution >= 0.6 is 11.3 Å². The molecule has 0 saturated carbocycles. The third-order valence-electron chi connectivity index (χ3n) is 3.27. The number of aliphatic hydroxyl groups excluding tert-OH is 1. The monoisotopic (exact) mass is 308 g/mol. The van der Waals surface area contributed by atoms with Gasteiger partial charge in [0.1, 0.15) is 4.88 Å². The molecule has 0 radical (unpaired) electrons. The Morgan fingerprint density at radius 3 is 2.90 bits per heavy atom. The molecule has 0 saturated heterocycles. The number of ether oxygens (including phenoxy) is 1. The number of hydrogen-bond acceptors (Lipinski definition) is 5. The lowest BCUT2D eigenvalue weighted by Crippen LogP contribution is -2.36. The van der Waals surface area contributed by atoms with Gasteiger partial charge in [0.2, 0.25) is 0 Å². The maximum Gasteiger partial charge on any atom is 0.265 e. The highest BCUT2D eigenvalue weighted by molar-refractivity contribution is 7.21. The summed E-state index contributed by atoms with van der Waals surface area (Å²) in [5.41, 5.74) is 7.73. The van der Waals surface area contributed by atoms with Crippen LogP contribution in [-0.2, 0) is 4.74 Å². The first-order valence-corrected chi connectivity index (χ1v) is 7.46. The molecule has 0 fully saturated rings. The fraction of sp³-hybridized carbons (Fsp3) is 0.400. The maximum atomic E-state index is 12.5. The molecule has 3 N–H and O–H groups in total. The molecule has 0 aliphatic heterocycles. The summed E-state index contributed by atoms with van der Waals surface area (Å²) in [4.78, 5) is 14.5. The number of aliphatic hydroxyl groups is 1. The van der Waals surface area contributed by atoms with Crippen LogP contribution in [0.4, 0.5) is 5.69 Å². The normalized spacial score (nSPS) is 12.6. The standard InChI is InChI=1S/C15H20N2O3S/c1-9-4-5-11-12(6-9)21-14(13(11)16)15(19)17(2)7-10(18)8-20-3/h4-6,10,18H,7-8,16H2,1-3H3. The van der Waals surface area contributed by atoms with Crippen molar-refractivity contribution in [2.24, 2.45) is 0 Å². The molecule has 114 valence electrons. The van der Waals surface area contributed by atoms with E-state index in [4.69, 9.17) is 10.5 Å². The van der Waals surface area contributed by atoms with Crippen molar-refractivity contribution in [3.8, 4) is 0 Å². The molecule has 2 rings (SSSR count). The Kier molecular flexibility index (Phi) is 4.82. The number of nitrogen functional groups attached to an aromatic ring is 1. The number of methoxy groups -OCH3 is 1. The highest BCUT2D eigenvalue weighted by atomic mass is 32.1. The summed E-state index contributed by atoms with van der Waals surface area (Å²) < 4.78 is 5.87. The topological polar surface area (TPSA) is 75.8 Å². The van der Waals surface area contributed by atoms with Crippen molar-refractivity contribution in [1.82, 2.24) is 4.90 Å². The molecule has 0 aliphatic carbocycles. The summed E-state index contributed by atoms with van der Waals surface area (Å²) in [5.74, 6) is -0.179. The highest BCUT2D eigenvalue weighted by Crippen LogP contribution is 2.34. The number of rotatable bonds is 5. The molecule has 21 heavy (non-hydrogen) atoms. The van der Waals surface area contributed by atoms with E-state index in [1.54, 1.807) is 7.05 Å². The van der Waals surface area contributed by atoms with E-state index in [1.807, 2.05) is 25.1 Å². The summed E-state index contributed by atoms with van der Waals surface area (Å²) in [6, 6.07) is 5.94. The van der Waals surface area contributed by atoms with Crippen LogP contribution in [0.3, 0.4) is 0 Å². The fourth-order valence-electron chi connectivity index (χ4n) is 2.20. The smallest absolute Gasteiger partial charge is 0.265 e. The van der Waals surface area contributed by atoms with Crippen molar-refractivity contribution in [1.29, 1.82) is 0 Å². The van der Waals surface area contributed by atoms with Gasteiger partial charge in [-0.25, -0.2) is 0 Å². The van der Waals surface area contributed by atoms with Crippen LogP contribution in [0.15, 0.2) is 18.2 Å². The van der Waals surface area contributed by atoms with Crippen LogP contribution in [-0.4, -0.2) is 49.3 Å². The lowest BCUT2D eigenvalue weighted by Gasteiger charge is -2.20. The first kappa shape index (κ1) is 15.8. The van der Waals surface area contributed by atoms with Gasteiger partial charge in [0, 0.05) is 30.8 Å². The number of nitrogens with zero attached hydrogens (tertiary/aromatic N) is 1. The zero-order valence-corrected chi connectivity index (χ0v) is 13.2.